The summed E-state index contributed by atoms with van der Waals surface area (Å²) in [5, 5.41) is 3.67. The maximum atomic E-state index is 3.67. The fourth-order valence-corrected chi connectivity index (χ4v) is 4.42. The second-order valence-corrected chi connectivity index (χ2v) is 6.99. The molecule has 2 unspecified atom stereocenters. The lowest BCUT2D eigenvalue weighted by atomic mass is 9.95. The zero-order valence-electron chi connectivity index (χ0n) is 13.1. The third-order valence-corrected chi connectivity index (χ3v) is 5.55. The van der Waals surface area contributed by atoms with Crippen molar-refractivity contribution in [2.75, 3.05) is 36.4 Å². The molecule has 2 fully saturated rings. The minimum Gasteiger partial charge on any atom is -0.383 e. The predicted molar refractivity (Wildman–Crippen MR) is 89.3 cm³/mol. The first-order valence-corrected chi connectivity index (χ1v) is 8.69. The fraction of sp³-hybridized carbons (Fsp3) is 0.667. The summed E-state index contributed by atoms with van der Waals surface area (Å²) in [6.07, 6.45) is 6.68. The van der Waals surface area contributed by atoms with E-state index in [-0.39, 0.29) is 0 Å². The zero-order chi connectivity index (χ0) is 14.2. The Bertz CT molecular complexity index is 513. The normalized spacial score (nSPS) is 29.5. The lowest BCUT2D eigenvalue weighted by Crippen LogP contribution is -2.59. The molecule has 3 aliphatic heterocycles. The van der Waals surface area contributed by atoms with Gasteiger partial charge in [0.15, 0.2) is 0 Å². The summed E-state index contributed by atoms with van der Waals surface area (Å²) in [6, 6.07) is 8.27. The minimum absolute atomic E-state index is 0.620. The van der Waals surface area contributed by atoms with E-state index < -0.39 is 0 Å². The van der Waals surface area contributed by atoms with Crippen molar-refractivity contribution < 1.29 is 0 Å². The third-order valence-electron chi connectivity index (χ3n) is 5.55. The smallest absolute Gasteiger partial charge is 0.0610 e. The van der Waals surface area contributed by atoms with Crippen molar-refractivity contribution in [3.63, 3.8) is 0 Å². The van der Waals surface area contributed by atoms with Crippen LogP contribution in [0.2, 0.25) is 0 Å². The average molecular weight is 285 g/mol. The molecule has 4 rings (SSSR count). The highest BCUT2D eigenvalue weighted by Crippen LogP contribution is 2.36. The van der Waals surface area contributed by atoms with E-state index in [2.05, 4.69) is 40.2 Å². The molecule has 3 nitrogen and oxygen atoms in total. The quantitative estimate of drug-likeness (QED) is 0.855. The van der Waals surface area contributed by atoms with Gasteiger partial charge in [0.1, 0.15) is 0 Å². The van der Waals surface area contributed by atoms with Gasteiger partial charge in [-0.2, -0.15) is 0 Å². The molecule has 1 aromatic carbocycles. The van der Waals surface area contributed by atoms with Crippen LogP contribution >= 0.6 is 0 Å². The van der Waals surface area contributed by atoms with Crippen LogP contribution < -0.4 is 10.2 Å². The Hall–Kier alpha value is -1.22. The number of piperidine rings is 1. The number of aryl methyl sites for hydroxylation is 1. The zero-order valence-corrected chi connectivity index (χ0v) is 13.1. The lowest BCUT2D eigenvalue weighted by Gasteiger charge is -2.49. The van der Waals surface area contributed by atoms with Gasteiger partial charge in [-0.25, -0.2) is 0 Å². The summed E-state index contributed by atoms with van der Waals surface area (Å²) < 4.78 is 0. The van der Waals surface area contributed by atoms with Crippen LogP contribution in [0.5, 0.6) is 0 Å². The molecule has 0 aliphatic carbocycles. The number of para-hydroxylation sites is 1. The first kappa shape index (κ1) is 13.4. The van der Waals surface area contributed by atoms with E-state index in [1.165, 1.54) is 68.7 Å². The highest BCUT2D eigenvalue weighted by Gasteiger charge is 2.34. The van der Waals surface area contributed by atoms with Crippen LogP contribution in [0.1, 0.15) is 38.2 Å². The molecule has 2 saturated heterocycles. The van der Waals surface area contributed by atoms with E-state index in [1.54, 1.807) is 0 Å². The van der Waals surface area contributed by atoms with Crippen LogP contribution in [0.4, 0.5) is 11.4 Å². The van der Waals surface area contributed by atoms with Crippen molar-refractivity contribution in [2.24, 2.45) is 0 Å². The summed E-state index contributed by atoms with van der Waals surface area (Å²) >= 11 is 0. The van der Waals surface area contributed by atoms with E-state index in [0.29, 0.717) is 6.04 Å². The van der Waals surface area contributed by atoms with Gasteiger partial charge < -0.3 is 10.2 Å². The van der Waals surface area contributed by atoms with E-state index in [4.69, 9.17) is 0 Å². The summed E-state index contributed by atoms with van der Waals surface area (Å²) in [5.41, 5.74) is 4.38. The molecule has 1 aromatic rings. The number of hydrogen-bond donors (Lipinski definition) is 1. The molecule has 2 atom stereocenters. The molecule has 0 radical (unpaired) electrons. The second-order valence-electron chi connectivity index (χ2n) is 6.99. The summed E-state index contributed by atoms with van der Waals surface area (Å²) in [7, 11) is 0. The molecular formula is C18H27N3. The van der Waals surface area contributed by atoms with Crippen molar-refractivity contribution in [3.05, 3.63) is 23.8 Å². The van der Waals surface area contributed by atoms with Gasteiger partial charge >= 0.3 is 0 Å². The summed E-state index contributed by atoms with van der Waals surface area (Å²) in [4.78, 5) is 5.40. The first-order chi connectivity index (χ1) is 10.3. The van der Waals surface area contributed by atoms with E-state index in [1.807, 2.05) is 0 Å². The molecule has 3 heteroatoms. The van der Waals surface area contributed by atoms with Crippen LogP contribution in [-0.2, 0) is 6.42 Å². The SMILES string of the molecule is CC1CN2CCCCC2CN1c1cccc2c1NCCC2. The Labute approximate surface area is 128 Å². The molecule has 3 heterocycles. The topological polar surface area (TPSA) is 18.5 Å². The van der Waals surface area contributed by atoms with Gasteiger partial charge in [0.05, 0.1) is 11.4 Å². The second kappa shape index (κ2) is 5.53. The Morgan fingerprint density at radius 1 is 1.14 bits per heavy atom. The van der Waals surface area contributed by atoms with E-state index in [0.717, 1.165) is 12.6 Å². The van der Waals surface area contributed by atoms with Gasteiger partial charge in [0, 0.05) is 31.7 Å². The van der Waals surface area contributed by atoms with Crippen LogP contribution in [-0.4, -0.2) is 43.2 Å². The number of piperazine rings is 1. The van der Waals surface area contributed by atoms with Gasteiger partial charge in [-0.3, -0.25) is 4.90 Å². The molecular weight excluding hydrogens is 258 g/mol. The molecule has 114 valence electrons. The van der Waals surface area contributed by atoms with Crippen molar-refractivity contribution >= 4 is 11.4 Å². The Balaban J connectivity index is 1.63. The number of nitrogens with one attached hydrogen (secondary N) is 1. The van der Waals surface area contributed by atoms with Gasteiger partial charge in [0.2, 0.25) is 0 Å². The number of hydrogen-bond acceptors (Lipinski definition) is 3. The highest BCUT2D eigenvalue weighted by molar-refractivity contribution is 5.75. The standard InChI is InChI=1S/C18H27N3/c1-14-12-20-11-3-2-8-16(20)13-21(14)17-9-4-6-15-7-5-10-19-18(15)17/h4,6,9,14,16,19H,2-3,5,7-8,10-13H2,1H3. The van der Waals surface area contributed by atoms with Crippen molar-refractivity contribution in [1.82, 2.24) is 4.90 Å². The molecule has 1 N–H and O–H groups in total. The number of nitrogens with zero attached hydrogens (tertiary/aromatic N) is 2. The van der Waals surface area contributed by atoms with Gasteiger partial charge in [-0.1, -0.05) is 18.6 Å². The van der Waals surface area contributed by atoms with Crippen LogP contribution in [0.3, 0.4) is 0 Å². The third kappa shape index (κ3) is 2.42. The van der Waals surface area contributed by atoms with Crippen LogP contribution in [0.15, 0.2) is 18.2 Å². The Morgan fingerprint density at radius 3 is 3.05 bits per heavy atom. The number of rotatable bonds is 1. The fourth-order valence-electron chi connectivity index (χ4n) is 4.42. The molecule has 3 aliphatic rings. The molecule has 0 amide bonds. The maximum absolute atomic E-state index is 3.67. The van der Waals surface area contributed by atoms with E-state index in [9.17, 15) is 0 Å². The largest absolute Gasteiger partial charge is 0.383 e. The average Bonchev–Trinajstić information content (AvgIpc) is 2.54. The number of anilines is 2. The van der Waals surface area contributed by atoms with Gasteiger partial charge in [0.25, 0.3) is 0 Å². The predicted octanol–water partition coefficient (Wildman–Crippen LogP) is 3.11. The van der Waals surface area contributed by atoms with E-state index >= 15 is 0 Å². The molecule has 21 heavy (non-hydrogen) atoms. The Kier molecular flexibility index (Phi) is 3.54. The Morgan fingerprint density at radius 2 is 2.10 bits per heavy atom. The molecule has 0 saturated carbocycles. The number of benzene rings is 1. The van der Waals surface area contributed by atoms with Crippen LogP contribution in [0, 0.1) is 0 Å². The number of fused-ring (bicyclic) bond motifs is 2. The van der Waals surface area contributed by atoms with Gasteiger partial charge in [-0.05, 0) is 50.8 Å². The molecule has 0 bridgehead atoms. The minimum atomic E-state index is 0.620. The first-order valence-electron chi connectivity index (χ1n) is 8.69. The highest BCUT2D eigenvalue weighted by atomic mass is 15.3. The van der Waals surface area contributed by atoms with Crippen molar-refractivity contribution in [2.45, 2.75) is 51.1 Å². The van der Waals surface area contributed by atoms with Crippen molar-refractivity contribution in [1.29, 1.82) is 0 Å². The van der Waals surface area contributed by atoms with Crippen LogP contribution in [0.25, 0.3) is 0 Å². The van der Waals surface area contributed by atoms with Gasteiger partial charge in [-0.15, -0.1) is 0 Å². The summed E-state index contributed by atoms with van der Waals surface area (Å²) in [6.45, 7) is 7.27. The van der Waals surface area contributed by atoms with Crippen molar-refractivity contribution in [3.8, 4) is 0 Å². The molecule has 0 aromatic heterocycles. The monoisotopic (exact) mass is 285 g/mol. The summed E-state index contributed by atoms with van der Waals surface area (Å²) in [5.74, 6) is 0. The maximum Gasteiger partial charge on any atom is 0.0610 e. The lowest BCUT2D eigenvalue weighted by molar-refractivity contribution is 0.115. The molecule has 0 spiro atoms.